The van der Waals surface area contributed by atoms with E-state index in [0.717, 1.165) is 5.69 Å². The molecule has 0 N–H and O–H groups in total. The normalized spacial score (nSPS) is 24.8. The third-order valence-corrected chi connectivity index (χ3v) is 5.27. The zero-order chi connectivity index (χ0) is 18.0. The summed E-state index contributed by atoms with van der Waals surface area (Å²) in [6.07, 6.45) is 5.64. The Balaban J connectivity index is 1.79. The van der Waals surface area contributed by atoms with Gasteiger partial charge in [0.1, 0.15) is 0 Å². The van der Waals surface area contributed by atoms with Gasteiger partial charge in [-0.05, 0) is 19.9 Å². The van der Waals surface area contributed by atoms with Crippen LogP contribution in [0.25, 0.3) is 0 Å². The zero-order valence-corrected chi connectivity index (χ0v) is 15.8. The third kappa shape index (κ3) is 4.02. The van der Waals surface area contributed by atoms with Crippen molar-refractivity contribution in [3.05, 3.63) is 35.0 Å². The Bertz CT molecular complexity index is 710. The second-order valence-electron chi connectivity index (χ2n) is 6.29. The molecule has 1 aliphatic carbocycles. The Labute approximate surface area is 157 Å². The van der Waals surface area contributed by atoms with Gasteiger partial charge in [0.05, 0.1) is 29.8 Å². The highest BCUT2D eigenvalue weighted by Gasteiger charge is 2.37. The number of hydrogen-bond donors (Lipinski definition) is 0. The Kier molecular flexibility index (Phi) is 5.41. The summed E-state index contributed by atoms with van der Waals surface area (Å²) in [5.74, 6) is 0.376. The number of carbonyl (C=O) groups is 1. The molecular weight excluding hydrogens is 365 g/mol. The van der Waals surface area contributed by atoms with Gasteiger partial charge in [0.25, 0.3) is 0 Å². The van der Waals surface area contributed by atoms with E-state index in [1.165, 1.54) is 0 Å². The maximum Gasteiger partial charge on any atom is 0.416 e. The molecule has 2 unspecified atom stereocenters. The van der Waals surface area contributed by atoms with Crippen molar-refractivity contribution in [1.29, 1.82) is 0 Å². The van der Waals surface area contributed by atoms with Crippen LogP contribution >= 0.6 is 23.2 Å². The molecule has 3 rings (SSSR count). The molecule has 2 heterocycles. The van der Waals surface area contributed by atoms with Crippen molar-refractivity contribution in [3.8, 4) is 5.88 Å². The summed E-state index contributed by atoms with van der Waals surface area (Å²) >= 11 is 12.9. The quantitative estimate of drug-likeness (QED) is 0.745. The summed E-state index contributed by atoms with van der Waals surface area (Å²) in [4.78, 5) is 13.3. The van der Waals surface area contributed by atoms with Crippen LogP contribution in [0.1, 0.15) is 25.1 Å². The van der Waals surface area contributed by atoms with E-state index in [9.17, 15) is 4.79 Å². The molecular formula is C17H21Cl2N3O3. The van der Waals surface area contributed by atoms with Gasteiger partial charge in [0.15, 0.2) is 0 Å². The predicted octanol–water partition coefficient (Wildman–Crippen LogP) is 3.64. The van der Waals surface area contributed by atoms with Crippen molar-refractivity contribution >= 4 is 29.3 Å². The largest absolute Gasteiger partial charge is 0.416 e. The SMILES string of the molecule is Cc1cc(OC(=O)N2CCOCC2)n(C(C)C2(Cl)C=CC=C(Cl)C2)n1. The summed E-state index contributed by atoms with van der Waals surface area (Å²) < 4.78 is 12.5. The lowest BCUT2D eigenvalue weighted by Gasteiger charge is -2.33. The lowest BCUT2D eigenvalue weighted by atomic mass is 9.92. The lowest BCUT2D eigenvalue weighted by Crippen LogP contribution is -2.42. The second kappa shape index (κ2) is 7.40. The standard InChI is InChI=1S/C17H21Cl2N3O3/c1-12-10-15(25-16(23)21-6-8-24-9-7-21)22(20-12)13(2)17(19)5-3-4-14(18)11-17/h3-5,10,13H,6-9,11H2,1-2H3. The van der Waals surface area contributed by atoms with Crippen molar-refractivity contribution in [2.45, 2.75) is 31.2 Å². The highest BCUT2D eigenvalue weighted by molar-refractivity contribution is 6.32. The van der Waals surface area contributed by atoms with E-state index >= 15 is 0 Å². The van der Waals surface area contributed by atoms with Gasteiger partial charge in [-0.25, -0.2) is 9.48 Å². The van der Waals surface area contributed by atoms with Gasteiger partial charge in [0, 0.05) is 30.6 Å². The van der Waals surface area contributed by atoms with Gasteiger partial charge in [-0.1, -0.05) is 23.8 Å². The van der Waals surface area contributed by atoms with Crippen LogP contribution in [0.5, 0.6) is 5.88 Å². The van der Waals surface area contributed by atoms with E-state index in [1.54, 1.807) is 15.6 Å². The smallest absolute Gasteiger partial charge is 0.391 e. The molecule has 2 atom stereocenters. The number of amides is 1. The molecule has 1 aromatic rings. The first-order valence-electron chi connectivity index (χ1n) is 8.22. The fourth-order valence-corrected chi connectivity index (χ4v) is 3.60. The highest BCUT2D eigenvalue weighted by atomic mass is 35.5. The van der Waals surface area contributed by atoms with Crippen LogP contribution in [0.4, 0.5) is 4.79 Å². The van der Waals surface area contributed by atoms with E-state index in [0.29, 0.717) is 43.6 Å². The maximum absolute atomic E-state index is 12.4. The van der Waals surface area contributed by atoms with Gasteiger partial charge in [-0.3, -0.25) is 0 Å². The minimum absolute atomic E-state index is 0.256. The number of hydrogen-bond acceptors (Lipinski definition) is 4. The maximum atomic E-state index is 12.4. The van der Waals surface area contributed by atoms with Crippen LogP contribution in [0.2, 0.25) is 0 Å². The number of rotatable bonds is 3. The number of morpholine rings is 1. The van der Waals surface area contributed by atoms with E-state index in [2.05, 4.69) is 5.10 Å². The molecule has 0 bridgehead atoms. The topological polar surface area (TPSA) is 56.6 Å². The minimum Gasteiger partial charge on any atom is -0.391 e. The van der Waals surface area contributed by atoms with Crippen molar-refractivity contribution in [2.24, 2.45) is 0 Å². The molecule has 1 aromatic heterocycles. The Morgan fingerprint density at radius 2 is 2.16 bits per heavy atom. The average Bonchev–Trinajstić information content (AvgIpc) is 2.95. The summed E-state index contributed by atoms with van der Waals surface area (Å²) in [5.41, 5.74) is 0.748. The predicted molar refractivity (Wildman–Crippen MR) is 96.4 cm³/mol. The molecule has 1 aliphatic heterocycles. The van der Waals surface area contributed by atoms with Crippen LogP contribution < -0.4 is 4.74 Å². The second-order valence-corrected chi connectivity index (χ2v) is 7.48. The van der Waals surface area contributed by atoms with Gasteiger partial charge < -0.3 is 14.4 Å². The molecule has 136 valence electrons. The first-order chi connectivity index (χ1) is 11.9. The molecule has 8 heteroatoms. The number of aromatic nitrogens is 2. The molecule has 0 saturated carbocycles. The molecule has 2 aliphatic rings. The van der Waals surface area contributed by atoms with Gasteiger partial charge >= 0.3 is 6.09 Å². The zero-order valence-electron chi connectivity index (χ0n) is 14.2. The molecule has 6 nitrogen and oxygen atoms in total. The van der Waals surface area contributed by atoms with Crippen molar-refractivity contribution in [3.63, 3.8) is 0 Å². The Morgan fingerprint density at radius 3 is 2.84 bits per heavy atom. The number of halogens is 2. The molecule has 0 aromatic carbocycles. The molecule has 1 amide bonds. The van der Waals surface area contributed by atoms with E-state index in [1.807, 2.05) is 32.1 Å². The van der Waals surface area contributed by atoms with Crippen molar-refractivity contribution < 1.29 is 14.3 Å². The summed E-state index contributed by atoms with van der Waals surface area (Å²) in [5, 5.41) is 5.15. The molecule has 25 heavy (non-hydrogen) atoms. The first kappa shape index (κ1) is 18.3. The Morgan fingerprint density at radius 1 is 1.44 bits per heavy atom. The van der Waals surface area contributed by atoms with Crippen LogP contribution in [0.3, 0.4) is 0 Å². The third-order valence-electron chi connectivity index (χ3n) is 4.44. The molecule has 0 radical (unpaired) electrons. The van der Waals surface area contributed by atoms with Crippen LogP contribution in [0.15, 0.2) is 29.3 Å². The van der Waals surface area contributed by atoms with Gasteiger partial charge in [-0.2, -0.15) is 5.10 Å². The Hall–Kier alpha value is -1.50. The van der Waals surface area contributed by atoms with Crippen molar-refractivity contribution in [2.75, 3.05) is 26.3 Å². The average molecular weight is 386 g/mol. The van der Waals surface area contributed by atoms with Crippen LogP contribution in [-0.2, 0) is 4.74 Å². The van der Waals surface area contributed by atoms with Crippen LogP contribution in [0, 0.1) is 6.92 Å². The lowest BCUT2D eigenvalue weighted by molar-refractivity contribution is 0.0405. The monoisotopic (exact) mass is 385 g/mol. The number of alkyl halides is 1. The first-order valence-corrected chi connectivity index (χ1v) is 8.98. The number of aryl methyl sites for hydroxylation is 1. The number of allylic oxidation sites excluding steroid dienone is 4. The highest BCUT2D eigenvalue weighted by Crippen LogP contribution is 2.41. The molecule has 1 fully saturated rings. The number of carbonyl (C=O) groups excluding carboxylic acids is 1. The molecule has 0 spiro atoms. The van der Waals surface area contributed by atoms with Crippen LogP contribution in [-0.4, -0.2) is 52.0 Å². The number of nitrogens with zero attached hydrogens (tertiary/aromatic N) is 3. The van der Waals surface area contributed by atoms with Gasteiger partial charge in [-0.15, -0.1) is 11.6 Å². The summed E-state index contributed by atoms with van der Waals surface area (Å²) in [7, 11) is 0. The minimum atomic E-state index is -0.732. The fourth-order valence-electron chi connectivity index (χ4n) is 2.93. The fraction of sp³-hybridized carbons (Fsp3) is 0.529. The van der Waals surface area contributed by atoms with E-state index in [-0.39, 0.29) is 6.04 Å². The van der Waals surface area contributed by atoms with Crippen molar-refractivity contribution in [1.82, 2.24) is 14.7 Å². The van der Waals surface area contributed by atoms with E-state index < -0.39 is 11.0 Å². The molecule has 1 saturated heterocycles. The summed E-state index contributed by atoms with van der Waals surface area (Å²) in [6, 6.07) is 1.48. The number of ether oxygens (including phenoxy) is 2. The van der Waals surface area contributed by atoms with E-state index in [4.69, 9.17) is 32.7 Å². The van der Waals surface area contributed by atoms with Gasteiger partial charge in [0.2, 0.25) is 5.88 Å². The summed E-state index contributed by atoms with van der Waals surface area (Å²) in [6.45, 7) is 5.85.